The van der Waals surface area contributed by atoms with E-state index in [-0.39, 0.29) is 5.60 Å². The standard InChI is InChI=1S/C17H20N4O3/c1-22-16-8-14(19-12-20-16)21-10-17(11-21)13(5-7-24-17)9-23-15-4-2-3-6-18-15/h2-4,6,8,12-13H,5,7,9-11H2,1H3/t13-/m1/s1. The number of ether oxygens (including phenoxy) is 3. The third kappa shape index (κ3) is 2.75. The molecule has 0 radical (unpaired) electrons. The van der Waals surface area contributed by atoms with Gasteiger partial charge in [-0.15, -0.1) is 0 Å². The highest BCUT2D eigenvalue weighted by atomic mass is 16.5. The summed E-state index contributed by atoms with van der Waals surface area (Å²) < 4.78 is 17.1. The van der Waals surface area contributed by atoms with E-state index in [9.17, 15) is 0 Å². The molecule has 0 bridgehead atoms. The van der Waals surface area contributed by atoms with Crippen molar-refractivity contribution in [3.63, 3.8) is 0 Å². The third-order valence-electron chi connectivity index (χ3n) is 4.75. The molecule has 0 N–H and O–H groups in total. The van der Waals surface area contributed by atoms with E-state index in [1.54, 1.807) is 13.3 Å². The molecule has 2 aliphatic rings. The zero-order valence-corrected chi connectivity index (χ0v) is 13.6. The van der Waals surface area contributed by atoms with Gasteiger partial charge in [-0.05, 0) is 12.5 Å². The average Bonchev–Trinajstić information content (AvgIpc) is 3.03. The van der Waals surface area contributed by atoms with E-state index in [1.165, 1.54) is 6.33 Å². The lowest BCUT2D eigenvalue weighted by Gasteiger charge is -2.50. The zero-order valence-electron chi connectivity index (χ0n) is 13.6. The average molecular weight is 328 g/mol. The van der Waals surface area contributed by atoms with Crippen molar-refractivity contribution >= 4 is 5.82 Å². The van der Waals surface area contributed by atoms with E-state index in [4.69, 9.17) is 14.2 Å². The number of rotatable bonds is 5. The Labute approximate surface area is 140 Å². The molecule has 2 saturated heterocycles. The van der Waals surface area contributed by atoms with Gasteiger partial charge in [0.2, 0.25) is 11.8 Å². The molecule has 2 fully saturated rings. The van der Waals surface area contributed by atoms with E-state index in [2.05, 4.69) is 19.9 Å². The summed E-state index contributed by atoms with van der Waals surface area (Å²) in [5.41, 5.74) is -0.146. The van der Waals surface area contributed by atoms with E-state index in [0.29, 0.717) is 24.3 Å². The number of methoxy groups -OCH3 is 1. The SMILES string of the molecule is COc1cc(N2CC3(C2)OCC[C@@H]3COc2ccccn2)ncn1. The fourth-order valence-corrected chi connectivity index (χ4v) is 3.36. The molecule has 7 nitrogen and oxygen atoms in total. The molecule has 2 aromatic heterocycles. The van der Waals surface area contributed by atoms with Crippen LogP contribution in [0.25, 0.3) is 0 Å². The van der Waals surface area contributed by atoms with Gasteiger partial charge in [-0.25, -0.2) is 15.0 Å². The Morgan fingerprint density at radius 3 is 2.96 bits per heavy atom. The molecular formula is C17H20N4O3. The van der Waals surface area contributed by atoms with Gasteiger partial charge in [0.25, 0.3) is 0 Å². The first-order valence-corrected chi connectivity index (χ1v) is 8.08. The molecule has 4 heterocycles. The van der Waals surface area contributed by atoms with Crippen LogP contribution in [-0.2, 0) is 4.74 Å². The topological polar surface area (TPSA) is 69.6 Å². The van der Waals surface area contributed by atoms with Crippen LogP contribution >= 0.6 is 0 Å². The van der Waals surface area contributed by atoms with Crippen molar-refractivity contribution in [3.05, 3.63) is 36.8 Å². The largest absolute Gasteiger partial charge is 0.481 e. The fraction of sp³-hybridized carbons (Fsp3) is 0.471. The molecule has 0 aliphatic carbocycles. The maximum Gasteiger partial charge on any atom is 0.218 e. The Kier molecular flexibility index (Phi) is 3.93. The first kappa shape index (κ1) is 15.1. The summed E-state index contributed by atoms with van der Waals surface area (Å²) in [6.45, 7) is 3.02. The lowest BCUT2D eigenvalue weighted by atomic mass is 9.81. The molecule has 1 spiro atoms. The Bertz CT molecular complexity index is 691. The Balaban J connectivity index is 1.39. The predicted octanol–water partition coefficient (Wildman–Crippen LogP) is 1.55. The smallest absolute Gasteiger partial charge is 0.218 e. The van der Waals surface area contributed by atoms with Crippen molar-refractivity contribution < 1.29 is 14.2 Å². The molecular weight excluding hydrogens is 308 g/mol. The molecule has 126 valence electrons. The number of anilines is 1. The summed E-state index contributed by atoms with van der Waals surface area (Å²) in [5.74, 6) is 2.46. The van der Waals surface area contributed by atoms with Crippen molar-refractivity contribution in [1.29, 1.82) is 0 Å². The monoisotopic (exact) mass is 328 g/mol. The van der Waals surface area contributed by atoms with Crippen molar-refractivity contribution in [2.75, 3.05) is 38.3 Å². The van der Waals surface area contributed by atoms with Crippen LogP contribution in [0.5, 0.6) is 11.8 Å². The van der Waals surface area contributed by atoms with Crippen molar-refractivity contribution in [1.82, 2.24) is 15.0 Å². The van der Waals surface area contributed by atoms with E-state index < -0.39 is 0 Å². The number of pyridine rings is 1. The van der Waals surface area contributed by atoms with Crippen LogP contribution < -0.4 is 14.4 Å². The summed E-state index contributed by atoms with van der Waals surface area (Å²) in [6.07, 6.45) is 4.27. The van der Waals surface area contributed by atoms with Crippen LogP contribution in [0, 0.1) is 5.92 Å². The van der Waals surface area contributed by atoms with Crippen LogP contribution in [-0.4, -0.2) is 54.0 Å². The van der Waals surface area contributed by atoms with Gasteiger partial charge in [-0.1, -0.05) is 6.07 Å². The molecule has 0 unspecified atom stereocenters. The third-order valence-corrected chi connectivity index (χ3v) is 4.75. The van der Waals surface area contributed by atoms with E-state index >= 15 is 0 Å². The minimum atomic E-state index is -0.146. The highest BCUT2D eigenvalue weighted by molar-refractivity contribution is 5.46. The normalized spacial score (nSPS) is 21.5. The van der Waals surface area contributed by atoms with Crippen LogP contribution in [0.1, 0.15) is 6.42 Å². The maximum atomic E-state index is 6.07. The second kappa shape index (κ2) is 6.24. The summed E-state index contributed by atoms with van der Waals surface area (Å²) in [5, 5.41) is 0. The van der Waals surface area contributed by atoms with Gasteiger partial charge < -0.3 is 19.1 Å². The maximum absolute atomic E-state index is 6.07. The number of aromatic nitrogens is 3. The predicted molar refractivity (Wildman–Crippen MR) is 87.3 cm³/mol. The molecule has 24 heavy (non-hydrogen) atoms. The Morgan fingerprint density at radius 2 is 2.17 bits per heavy atom. The van der Waals surface area contributed by atoms with Crippen molar-refractivity contribution in [2.45, 2.75) is 12.0 Å². The van der Waals surface area contributed by atoms with Gasteiger partial charge in [0, 0.05) is 30.9 Å². The highest BCUT2D eigenvalue weighted by Gasteiger charge is 2.53. The first-order chi connectivity index (χ1) is 11.8. The molecule has 0 saturated carbocycles. The summed E-state index contributed by atoms with van der Waals surface area (Å²) in [4.78, 5) is 14.8. The second-order valence-corrected chi connectivity index (χ2v) is 6.15. The van der Waals surface area contributed by atoms with Crippen LogP contribution in [0.3, 0.4) is 0 Å². The lowest BCUT2D eigenvalue weighted by Crippen LogP contribution is -2.65. The first-order valence-electron chi connectivity index (χ1n) is 8.08. The fourth-order valence-electron chi connectivity index (χ4n) is 3.36. The Hall–Kier alpha value is -2.41. The summed E-state index contributed by atoms with van der Waals surface area (Å²) >= 11 is 0. The van der Waals surface area contributed by atoms with Crippen molar-refractivity contribution in [3.8, 4) is 11.8 Å². The van der Waals surface area contributed by atoms with Gasteiger partial charge >= 0.3 is 0 Å². The molecule has 0 aromatic carbocycles. The Morgan fingerprint density at radius 1 is 1.25 bits per heavy atom. The molecule has 2 aliphatic heterocycles. The van der Waals surface area contributed by atoms with E-state index in [1.807, 2.05) is 24.3 Å². The quantitative estimate of drug-likeness (QED) is 0.825. The van der Waals surface area contributed by atoms with Crippen LogP contribution in [0.2, 0.25) is 0 Å². The van der Waals surface area contributed by atoms with Crippen LogP contribution in [0.15, 0.2) is 36.8 Å². The van der Waals surface area contributed by atoms with E-state index in [0.717, 1.165) is 31.9 Å². The lowest BCUT2D eigenvalue weighted by molar-refractivity contribution is -0.0529. The molecule has 4 rings (SSSR count). The molecule has 2 aromatic rings. The zero-order chi connectivity index (χ0) is 16.4. The number of nitrogens with zero attached hydrogens (tertiary/aromatic N) is 4. The molecule has 1 atom stereocenters. The number of hydrogen-bond acceptors (Lipinski definition) is 7. The van der Waals surface area contributed by atoms with Gasteiger partial charge in [0.15, 0.2) is 0 Å². The summed E-state index contributed by atoms with van der Waals surface area (Å²) in [6, 6.07) is 7.54. The number of hydrogen-bond donors (Lipinski definition) is 0. The van der Waals surface area contributed by atoms with Gasteiger partial charge in [0.1, 0.15) is 17.7 Å². The minimum Gasteiger partial charge on any atom is -0.481 e. The van der Waals surface area contributed by atoms with Gasteiger partial charge in [0.05, 0.1) is 26.8 Å². The second-order valence-electron chi connectivity index (χ2n) is 6.15. The molecule has 0 amide bonds. The molecule has 7 heteroatoms. The van der Waals surface area contributed by atoms with Gasteiger partial charge in [-0.2, -0.15) is 0 Å². The van der Waals surface area contributed by atoms with Crippen molar-refractivity contribution in [2.24, 2.45) is 5.92 Å². The highest BCUT2D eigenvalue weighted by Crippen LogP contribution is 2.41. The van der Waals surface area contributed by atoms with Gasteiger partial charge in [-0.3, -0.25) is 0 Å². The summed E-state index contributed by atoms with van der Waals surface area (Å²) in [7, 11) is 1.61. The van der Waals surface area contributed by atoms with Crippen LogP contribution in [0.4, 0.5) is 5.82 Å². The minimum absolute atomic E-state index is 0.146.